The summed E-state index contributed by atoms with van der Waals surface area (Å²) in [4.78, 5) is 28.2. The van der Waals surface area contributed by atoms with Crippen LogP contribution in [0.25, 0.3) is 0 Å². The molecule has 0 spiro atoms. The van der Waals surface area contributed by atoms with Crippen LogP contribution in [-0.2, 0) is 16.1 Å². The van der Waals surface area contributed by atoms with Gasteiger partial charge >= 0.3 is 5.97 Å². The Balaban J connectivity index is 2.74. The minimum Gasteiger partial charge on any atom is -0.480 e. The third-order valence-electron chi connectivity index (χ3n) is 2.44. The molecule has 17 heavy (non-hydrogen) atoms. The molecule has 1 rings (SSSR count). The molecule has 0 fully saturated rings. The zero-order chi connectivity index (χ0) is 13.2. The smallest absolute Gasteiger partial charge is 0.318 e. The maximum absolute atomic E-state index is 11.9. The van der Waals surface area contributed by atoms with Crippen LogP contribution < -0.4 is 0 Å². The van der Waals surface area contributed by atoms with Crippen molar-refractivity contribution in [2.45, 2.75) is 27.3 Å². The summed E-state index contributed by atoms with van der Waals surface area (Å²) in [5.41, 5.74) is -1.44. The van der Waals surface area contributed by atoms with E-state index in [1.807, 2.05) is 0 Å². The van der Waals surface area contributed by atoms with Gasteiger partial charge < -0.3 is 10.0 Å². The number of aliphatic carboxylic acids is 1. The Morgan fingerprint density at radius 3 is 2.47 bits per heavy atom. The number of amides is 1. The van der Waals surface area contributed by atoms with E-state index in [1.165, 1.54) is 25.8 Å². The van der Waals surface area contributed by atoms with Crippen molar-refractivity contribution in [3.63, 3.8) is 0 Å². The lowest BCUT2D eigenvalue weighted by molar-refractivity contribution is -0.157. The Labute approximate surface area is 98.8 Å². The first kappa shape index (κ1) is 13.1. The molecule has 1 heterocycles. The Morgan fingerprint density at radius 1 is 1.47 bits per heavy atom. The number of carboxylic acid groups (broad SMARTS) is 1. The first-order chi connectivity index (χ1) is 7.75. The molecule has 7 nitrogen and oxygen atoms in total. The first-order valence-corrected chi connectivity index (χ1v) is 5.12. The summed E-state index contributed by atoms with van der Waals surface area (Å²) in [6.45, 7) is 4.67. The molecule has 0 bridgehead atoms. The topological polar surface area (TPSA) is 99.2 Å². The average Bonchev–Trinajstić information content (AvgIpc) is 2.62. The van der Waals surface area contributed by atoms with E-state index in [0.29, 0.717) is 11.6 Å². The van der Waals surface area contributed by atoms with Crippen LogP contribution in [0.5, 0.6) is 0 Å². The second-order valence-electron chi connectivity index (χ2n) is 4.43. The highest BCUT2D eigenvalue weighted by Crippen LogP contribution is 2.19. The van der Waals surface area contributed by atoms with E-state index in [9.17, 15) is 9.59 Å². The van der Waals surface area contributed by atoms with Crippen LogP contribution >= 0.6 is 0 Å². The van der Waals surface area contributed by atoms with Crippen molar-refractivity contribution in [3.8, 4) is 0 Å². The van der Waals surface area contributed by atoms with Crippen molar-refractivity contribution < 1.29 is 14.7 Å². The Bertz CT molecular complexity index is 439. The molecule has 1 amide bonds. The number of carbonyl (C=O) groups excluding carboxylic acids is 1. The number of aromatic amines is 1. The number of carboxylic acids is 1. The fourth-order valence-corrected chi connectivity index (χ4v) is 1.31. The molecule has 1 aromatic rings. The number of rotatable bonds is 4. The molecule has 0 saturated heterocycles. The zero-order valence-electron chi connectivity index (χ0n) is 10.3. The molecule has 0 aliphatic heterocycles. The highest BCUT2D eigenvalue weighted by Gasteiger charge is 2.38. The second-order valence-corrected chi connectivity index (χ2v) is 4.43. The van der Waals surface area contributed by atoms with Crippen molar-refractivity contribution in [3.05, 3.63) is 11.6 Å². The van der Waals surface area contributed by atoms with Gasteiger partial charge in [0.2, 0.25) is 5.91 Å². The van der Waals surface area contributed by atoms with Gasteiger partial charge in [-0.1, -0.05) is 0 Å². The number of H-pyrrole nitrogens is 1. The van der Waals surface area contributed by atoms with Gasteiger partial charge in [0.1, 0.15) is 11.2 Å². The normalized spacial score (nSPS) is 11.3. The zero-order valence-corrected chi connectivity index (χ0v) is 10.3. The molecule has 0 aliphatic rings. The van der Waals surface area contributed by atoms with Crippen molar-refractivity contribution in [2.75, 3.05) is 7.05 Å². The molecule has 1 aromatic heterocycles. The SMILES string of the molecule is Cc1nc(CN(C)C(=O)C(C)(C)C(=O)O)n[nH]1. The summed E-state index contributed by atoms with van der Waals surface area (Å²) in [7, 11) is 1.53. The summed E-state index contributed by atoms with van der Waals surface area (Å²) < 4.78 is 0. The van der Waals surface area contributed by atoms with Gasteiger partial charge in [0, 0.05) is 7.05 Å². The van der Waals surface area contributed by atoms with Crippen LogP contribution in [0.15, 0.2) is 0 Å². The third kappa shape index (κ3) is 2.80. The molecule has 0 radical (unpaired) electrons. The van der Waals surface area contributed by atoms with Crippen molar-refractivity contribution in [1.82, 2.24) is 20.1 Å². The van der Waals surface area contributed by atoms with Gasteiger partial charge in [-0.2, -0.15) is 5.10 Å². The first-order valence-electron chi connectivity index (χ1n) is 5.12. The van der Waals surface area contributed by atoms with E-state index in [1.54, 1.807) is 6.92 Å². The van der Waals surface area contributed by atoms with Gasteiger partial charge in [-0.15, -0.1) is 0 Å². The molecule has 94 valence electrons. The Kier molecular flexibility index (Phi) is 3.50. The molecular weight excluding hydrogens is 224 g/mol. The number of hydrogen-bond acceptors (Lipinski definition) is 4. The van der Waals surface area contributed by atoms with E-state index in [-0.39, 0.29) is 6.54 Å². The maximum Gasteiger partial charge on any atom is 0.318 e. The molecular formula is C10H16N4O3. The van der Waals surface area contributed by atoms with Gasteiger partial charge in [0.25, 0.3) is 0 Å². The van der Waals surface area contributed by atoms with Crippen LogP contribution in [0.4, 0.5) is 0 Å². The standard InChI is InChI=1S/C10H16N4O3/c1-6-11-7(13-12-6)5-14(4)8(15)10(2,3)9(16)17/h5H2,1-4H3,(H,16,17)(H,11,12,13). The molecule has 0 atom stereocenters. The summed E-state index contributed by atoms with van der Waals surface area (Å²) in [6, 6.07) is 0. The fourth-order valence-electron chi connectivity index (χ4n) is 1.31. The predicted molar refractivity (Wildman–Crippen MR) is 59.0 cm³/mol. The summed E-state index contributed by atoms with van der Waals surface area (Å²) in [5.74, 6) is -0.522. The van der Waals surface area contributed by atoms with E-state index in [4.69, 9.17) is 5.11 Å². The lowest BCUT2D eigenvalue weighted by Crippen LogP contribution is -2.43. The van der Waals surface area contributed by atoms with E-state index in [2.05, 4.69) is 15.2 Å². The van der Waals surface area contributed by atoms with Crippen LogP contribution in [0.3, 0.4) is 0 Å². The molecule has 0 aliphatic carbocycles. The summed E-state index contributed by atoms with van der Waals surface area (Å²) >= 11 is 0. The van der Waals surface area contributed by atoms with Gasteiger partial charge in [-0.05, 0) is 20.8 Å². The number of nitrogens with one attached hydrogen (secondary N) is 1. The van der Waals surface area contributed by atoms with Gasteiger partial charge in [-0.3, -0.25) is 14.7 Å². The second kappa shape index (κ2) is 4.52. The van der Waals surface area contributed by atoms with Crippen molar-refractivity contribution >= 4 is 11.9 Å². The molecule has 0 saturated carbocycles. The van der Waals surface area contributed by atoms with Crippen LogP contribution in [0, 0.1) is 12.3 Å². The average molecular weight is 240 g/mol. The highest BCUT2D eigenvalue weighted by atomic mass is 16.4. The molecule has 2 N–H and O–H groups in total. The maximum atomic E-state index is 11.9. The lowest BCUT2D eigenvalue weighted by atomic mass is 9.92. The third-order valence-corrected chi connectivity index (χ3v) is 2.44. The Morgan fingerprint density at radius 2 is 2.06 bits per heavy atom. The molecule has 0 aromatic carbocycles. The fraction of sp³-hybridized carbons (Fsp3) is 0.600. The number of nitrogens with zero attached hydrogens (tertiary/aromatic N) is 3. The highest BCUT2D eigenvalue weighted by molar-refractivity contribution is 6.00. The lowest BCUT2D eigenvalue weighted by Gasteiger charge is -2.24. The van der Waals surface area contributed by atoms with Gasteiger partial charge in [0.15, 0.2) is 5.82 Å². The summed E-state index contributed by atoms with van der Waals surface area (Å²) in [6.07, 6.45) is 0. The predicted octanol–water partition coefficient (Wildman–Crippen LogP) is 0.182. The van der Waals surface area contributed by atoms with Gasteiger partial charge in [-0.25, -0.2) is 4.98 Å². The van der Waals surface area contributed by atoms with E-state index < -0.39 is 17.3 Å². The Hall–Kier alpha value is -1.92. The minimum atomic E-state index is -1.44. The van der Waals surface area contributed by atoms with Crippen LogP contribution in [0.1, 0.15) is 25.5 Å². The number of hydrogen-bond donors (Lipinski definition) is 2. The van der Waals surface area contributed by atoms with E-state index in [0.717, 1.165) is 0 Å². The van der Waals surface area contributed by atoms with Crippen molar-refractivity contribution in [1.29, 1.82) is 0 Å². The van der Waals surface area contributed by atoms with Crippen LogP contribution in [-0.4, -0.2) is 44.1 Å². The number of aromatic nitrogens is 3. The monoisotopic (exact) mass is 240 g/mol. The molecule has 7 heteroatoms. The van der Waals surface area contributed by atoms with E-state index >= 15 is 0 Å². The van der Waals surface area contributed by atoms with Gasteiger partial charge in [0.05, 0.1) is 6.54 Å². The van der Waals surface area contributed by atoms with Crippen molar-refractivity contribution in [2.24, 2.45) is 5.41 Å². The largest absolute Gasteiger partial charge is 0.480 e. The summed E-state index contributed by atoms with van der Waals surface area (Å²) in [5, 5.41) is 15.5. The molecule has 0 unspecified atom stereocenters. The number of carbonyl (C=O) groups is 2. The number of aryl methyl sites for hydroxylation is 1. The quantitative estimate of drug-likeness (QED) is 0.731. The van der Waals surface area contributed by atoms with Crippen LogP contribution in [0.2, 0.25) is 0 Å². The minimum absolute atomic E-state index is 0.180.